The van der Waals surface area contributed by atoms with Gasteiger partial charge in [-0.25, -0.2) is 0 Å². The van der Waals surface area contributed by atoms with Crippen molar-refractivity contribution in [3.63, 3.8) is 0 Å². The summed E-state index contributed by atoms with van der Waals surface area (Å²) >= 11 is 12.1. The molecule has 4 nitrogen and oxygen atoms in total. The lowest BCUT2D eigenvalue weighted by molar-refractivity contribution is -0.123. The Morgan fingerprint density at radius 1 is 1.16 bits per heavy atom. The van der Waals surface area contributed by atoms with Crippen molar-refractivity contribution in [3.8, 4) is 0 Å². The van der Waals surface area contributed by atoms with Crippen molar-refractivity contribution in [2.45, 2.75) is 57.2 Å². The van der Waals surface area contributed by atoms with Gasteiger partial charge >= 0.3 is 0 Å². The molecule has 1 saturated heterocycles. The van der Waals surface area contributed by atoms with Crippen LogP contribution in [0.15, 0.2) is 18.2 Å². The number of nitrogens with two attached hydrogens (primary N) is 1. The average Bonchev–Trinajstić information content (AvgIpc) is 2.98. The lowest BCUT2D eigenvalue weighted by Crippen LogP contribution is -2.45. The molecule has 6 heteroatoms. The zero-order valence-electron chi connectivity index (χ0n) is 14.5. The second-order valence-electron chi connectivity index (χ2n) is 7.43. The van der Waals surface area contributed by atoms with Crippen LogP contribution in [-0.4, -0.2) is 36.0 Å². The molecule has 0 unspecified atom stereocenters. The minimum atomic E-state index is 0.172. The Bertz CT molecular complexity index is 602. The third kappa shape index (κ3) is 5.33. The zero-order valence-corrected chi connectivity index (χ0v) is 16.0. The molecule has 1 heterocycles. The number of rotatable bonds is 5. The van der Waals surface area contributed by atoms with E-state index in [1.807, 2.05) is 18.2 Å². The number of hydrogen-bond donors (Lipinski definition) is 2. The molecule has 25 heavy (non-hydrogen) atoms. The fourth-order valence-electron chi connectivity index (χ4n) is 3.98. The first-order valence-corrected chi connectivity index (χ1v) is 9.98. The van der Waals surface area contributed by atoms with Crippen LogP contribution in [0.2, 0.25) is 10.0 Å². The quantitative estimate of drug-likeness (QED) is 0.816. The molecular weight excluding hydrogens is 357 g/mol. The topological polar surface area (TPSA) is 58.4 Å². The van der Waals surface area contributed by atoms with E-state index in [2.05, 4.69) is 10.2 Å². The third-order valence-corrected chi connectivity index (χ3v) is 6.25. The molecule has 1 amide bonds. The van der Waals surface area contributed by atoms with Crippen molar-refractivity contribution < 1.29 is 4.79 Å². The number of nitrogens with zero attached hydrogens (tertiary/aromatic N) is 1. The second-order valence-corrected chi connectivity index (χ2v) is 8.24. The number of carbonyl (C=O) groups is 1. The van der Waals surface area contributed by atoms with Gasteiger partial charge in [-0.3, -0.25) is 9.69 Å². The summed E-state index contributed by atoms with van der Waals surface area (Å²) in [4.78, 5) is 14.6. The maximum atomic E-state index is 12.2. The largest absolute Gasteiger partial charge is 0.353 e. The number of halogens is 2. The van der Waals surface area contributed by atoms with E-state index >= 15 is 0 Å². The molecule has 0 bridgehead atoms. The van der Waals surface area contributed by atoms with E-state index in [9.17, 15) is 4.79 Å². The highest BCUT2D eigenvalue weighted by atomic mass is 35.5. The summed E-state index contributed by atoms with van der Waals surface area (Å²) in [5.41, 5.74) is 7.24. The molecule has 1 aliphatic carbocycles. The lowest BCUT2D eigenvalue weighted by atomic mass is 9.98. The number of likely N-dealkylation sites (tertiary alicyclic amines) is 1. The third-order valence-electron chi connectivity index (χ3n) is 5.51. The summed E-state index contributed by atoms with van der Waals surface area (Å²) in [7, 11) is 0. The Morgan fingerprint density at radius 2 is 1.92 bits per heavy atom. The van der Waals surface area contributed by atoms with Gasteiger partial charge in [-0.05, 0) is 49.3 Å². The highest BCUT2D eigenvalue weighted by molar-refractivity contribution is 6.42. The van der Waals surface area contributed by atoms with Gasteiger partial charge in [-0.1, -0.05) is 35.7 Å². The maximum Gasteiger partial charge on any atom is 0.220 e. The summed E-state index contributed by atoms with van der Waals surface area (Å²) in [5, 5.41) is 4.40. The molecule has 138 valence electrons. The van der Waals surface area contributed by atoms with Gasteiger partial charge in [0.05, 0.1) is 10.0 Å². The van der Waals surface area contributed by atoms with E-state index in [0.717, 1.165) is 51.7 Å². The minimum absolute atomic E-state index is 0.172. The standard InChI is InChI=1S/C19H27Cl2N3O/c20-16-5-4-13(10-17(16)21)12-24-8-6-15(7-9-24)23-19(25)11-14-2-1-3-18(14)22/h4-5,10,14-15,18H,1-3,6-9,11-12,22H2,(H,23,25)/t14-,18+/m0/s1. The molecule has 1 saturated carbocycles. The second kappa shape index (κ2) is 8.72. The molecular formula is C19H27Cl2N3O. The minimum Gasteiger partial charge on any atom is -0.353 e. The lowest BCUT2D eigenvalue weighted by Gasteiger charge is -2.32. The number of piperidine rings is 1. The average molecular weight is 384 g/mol. The van der Waals surface area contributed by atoms with Crippen LogP contribution in [0.1, 0.15) is 44.1 Å². The molecule has 0 radical (unpaired) electrons. The van der Waals surface area contributed by atoms with Crippen LogP contribution >= 0.6 is 23.2 Å². The Labute approximate surface area is 160 Å². The highest BCUT2D eigenvalue weighted by Gasteiger charge is 2.27. The molecule has 3 N–H and O–H groups in total. The van der Waals surface area contributed by atoms with Crippen LogP contribution in [0.3, 0.4) is 0 Å². The van der Waals surface area contributed by atoms with Gasteiger partial charge < -0.3 is 11.1 Å². The number of carbonyl (C=O) groups excluding carboxylic acids is 1. The van der Waals surface area contributed by atoms with E-state index in [1.54, 1.807) is 0 Å². The summed E-state index contributed by atoms with van der Waals surface area (Å²) in [6.45, 7) is 2.83. The van der Waals surface area contributed by atoms with Gasteiger partial charge in [-0.15, -0.1) is 0 Å². The molecule has 2 fully saturated rings. The predicted octanol–water partition coefficient (Wildman–Crippen LogP) is 3.59. The number of amides is 1. The fourth-order valence-corrected chi connectivity index (χ4v) is 4.30. The molecule has 2 aliphatic rings. The van der Waals surface area contributed by atoms with Crippen LogP contribution < -0.4 is 11.1 Å². The maximum absolute atomic E-state index is 12.2. The normalized spacial score (nSPS) is 25.2. The van der Waals surface area contributed by atoms with Gasteiger partial charge in [0.15, 0.2) is 0 Å². The van der Waals surface area contributed by atoms with Gasteiger partial charge in [0, 0.05) is 38.1 Å². The van der Waals surface area contributed by atoms with E-state index in [4.69, 9.17) is 28.9 Å². The Hall–Kier alpha value is -0.810. The molecule has 1 aromatic rings. The monoisotopic (exact) mass is 383 g/mol. The van der Waals surface area contributed by atoms with Crippen LogP contribution in [-0.2, 0) is 11.3 Å². The van der Waals surface area contributed by atoms with Gasteiger partial charge in [-0.2, -0.15) is 0 Å². The van der Waals surface area contributed by atoms with Crippen molar-refractivity contribution in [2.75, 3.05) is 13.1 Å². The van der Waals surface area contributed by atoms with E-state index < -0.39 is 0 Å². The number of benzene rings is 1. The van der Waals surface area contributed by atoms with Crippen LogP contribution in [0.4, 0.5) is 0 Å². The van der Waals surface area contributed by atoms with Crippen LogP contribution in [0.5, 0.6) is 0 Å². The molecule has 1 aromatic carbocycles. The van der Waals surface area contributed by atoms with Gasteiger partial charge in [0.2, 0.25) is 5.91 Å². The molecule has 2 atom stereocenters. The highest BCUT2D eigenvalue weighted by Crippen LogP contribution is 2.27. The van der Waals surface area contributed by atoms with E-state index in [0.29, 0.717) is 22.4 Å². The SMILES string of the molecule is N[C@@H]1CCC[C@H]1CC(=O)NC1CCN(Cc2ccc(Cl)c(Cl)c2)CC1. The molecule has 3 rings (SSSR count). The van der Waals surface area contributed by atoms with Crippen LogP contribution in [0.25, 0.3) is 0 Å². The van der Waals surface area contributed by atoms with Crippen molar-refractivity contribution >= 4 is 29.1 Å². The van der Waals surface area contributed by atoms with E-state index in [1.165, 1.54) is 5.56 Å². The Morgan fingerprint density at radius 3 is 2.56 bits per heavy atom. The summed E-state index contributed by atoms with van der Waals surface area (Å²) in [6.07, 6.45) is 5.88. The van der Waals surface area contributed by atoms with Gasteiger partial charge in [0.1, 0.15) is 0 Å². The Kier molecular flexibility index (Phi) is 6.61. The summed E-state index contributed by atoms with van der Waals surface area (Å²) in [6, 6.07) is 6.30. The molecule has 1 aliphatic heterocycles. The van der Waals surface area contributed by atoms with Crippen molar-refractivity contribution in [1.82, 2.24) is 10.2 Å². The first-order chi connectivity index (χ1) is 12.0. The predicted molar refractivity (Wildman–Crippen MR) is 103 cm³/mol. The van der Waals surface area contributed by atoms with Crippen LogP contribution in [0, 0.1) is 5.92 Å². The first kappa shape index (κ1) is 19.0. The number of hydrogen-bond acceptors (Lipinski definition) is 3. The van der Waals surface area contributed by atoms with Crippen molar-refractivity contribution in [3.05, 3.63) is 33.8 Å². The number of nitrogens with one attached hydrogen (secondary N) is 1. The first-order valence-electron chi connectivity index (χ1n) is 9.22. The molecule has 0 spiro atoms. The summed E-state index contributed by atoms with van der Waals surface area (Å²) in [5.74, 6) is 0.542. The van der Waals surface area contributed by atoms with Crippen molar-refractivity contribution in [1.29, 1.82) is 0 Å². The fraction of sp³-hybridized carbons (Fsp3) is 0.632. The van der Waals surface area contributed by atoms with Crippen molar-refractivity contribution in [2.24, 2.45) is 11.7 Å². The van der Waals surface area contributed by atoms with E-state index in [-0.39, 0.29) is 18.0 Å². The molecule has 0 aromatic heterocycles. The smallest absolute Gasteiger partial charge is 0.220 e. The Balaban J connectivity index is 1.40. The zero-order chi connectivity index (χ0) is 17.8. The summed E-state index contributed by atoms with van der Waals surface area (Å²) < 4.78 is 0. The van der Waals surface area contributed by atoms with Gasteiger partial charge in [0.25, 0.3) is 0 Å².